The Hall–Kier alpha value is -2.19. The Morgan fingerprint density at radius 3 is 2.64 bits per heavy atom. The number of aryl methyl sites for hydroxylation is 1. The molecular formula is C20H25BrN2O5. The first-order valence-electron chi connectivity index (χ1n) is 9.07. The van der Waals surface area contributed by atoms with Crippen LogP contribution in [0.15, 0.2) is 33.7 Å². The summed E-state index contributed by atoms with van der Waals surface area (Å²) in [6.07, 6.45) is 2.74. The number of benzene rings is 1. The smallest absolute Gasteiger partial charge is 0.343 e. The molecule has 0 fully saturated rings. The van der Waals surface area contributed by atoms with Crippen molar-refractivity contribution in [3.8, 4) is 0 Å². The van der Waals surface area contributed by atoms with E-state index in [9.17, 15) is 14.4 Å². The summed E-state index contributed by atoms with van der Waals surface area (Å²) in [5.74, 6) is -0.642. The molecule has 2 aromatic rings. The number of hydroxylamine groups is 2. The van der Waals surface area contributed by atoms with Gasteiger partial charge in [0.1, 0.15) is 5.56 Å². The van der Waals surface area contributed by atoms with Crippen LogP contribution in [0.3, 0.4) is 0 Å². The minimum absolute atomic E-state index is 0.00476. The minimum atomic E-state index is -0.642. The van der Waals surface area contributed by atoms with Gasteiger partial charge >= 0.3 is 5.97 Å². The molecule has 0 unspecified atom stereocenters. The maximum Gasteiger partial charge on any atom is 0.343 e. The van der Waals surface area contributed by atoms with Crippen LogP contribution >= 0.6 is 15.9 Å². The normalized spacial score (nSPS) is 11.5. The Labute approximate surface area is 172 Å². The summed E-state index contributed by atoms with van der Waals surface area (Å²) in [4.78, 5) is 41.7. The molecule has 0 saturated heterocycles. The third-order valence-corrected chi connectivity index (χ3v) is 4.32. The van der Waals surface area contributed by atoms with E-state index in [2.05, 4.69) is 15.9 Å². The summed E-state index contributed by atoms with van der Waals surface area (Å²) >= 11 is 3.42. The van der Waals surface area contributed by atoms with Gasteiger partial charge in [-0.25, -0.2) is 9.86 Å². The van der Waals surface area contributed by atoms with Crippen molar-refractivity contribution in [2.75, 3.05) is 13.2 Å². The van der Waals surface area contributed by atoms with Gasteiger partial charge in [-0.2, -0.15) is 0 Å². The fraction of sp³-hybridized carbons (Fsp3) is 0.450. The van der Waals surface area contributed by atoms with Crippen LogP contribution in [0.2, 0.25) is 0 Å². The highest BCUT2D eigenvalue weighted by Crippen LogP contribution is 2.19. The van der Waals surface area contributed by atoms with Crippen molar-refractivity contribution < 1.29 is 19.2 Å². The van der Waals surface area contributed by atoms with E-state index in [1.54, 1.807) is 19.1 Å². The van der Waals surface area contributed by atoms with E-state index in [0.29, 0.717) is 36.8 Å². The number of carbonyl (C=O) groups excluding carboxylic acids is 2. The van der Waals surface area contributed by atoms with Crippen molar-refractivity contribution in [2.45, 2.75) is 46.3 Å². The highest BCUT2D eigenvalue weighted by atomic mass is 79.9. The molecule has 2 rings (SSSR count). The van der Waals surface area contributed by atoms with E-state index in [-0.39, 0.29) is 17.6 Å². The third-order valence-electron chi connectivity index (χ3n) is 3.82. The average molecular weight is 453 g/mol. The molecule has 0 aliphatic heterocycles. The number of aromatic nitrogens is 1. The molecule has 1 amide bonds. The van der Waals surface area contributed by atoms with Crippen molar-refractivity contribution in [3.05, 3.63) is 44.7 Å². The Bertz CT molecular complexity index is 917. The maximum atomic E-state index is 12.7. The standard InChI is InChI=1S/C20H25BrN2O5/c1-5-27-19(26)16-12-22(9-6-10-23(13-24)28-20(2,3)4)17-11-14(21)7-8-15(17)18(16)25/h7-8,11-13H,5-6,9-10H2,1-4H3. The highest BCUT2D eigenvalue weighted by molar-refractivity contribution is 9.10. The lowest BCUT2D eigenvalue weighted by molar-refractivity contribution is -0.216. The third kappa shape index (κ3) is 5.65. The van der Waals surface area contributed by atoms with Gasteiger partial charge < -0.3 is 9.30 Å². The lowest BCUT2D eigenvalue weighted by atomic mass is 10.1. The summed E-state index contributed by atoms with van der Waals surface area (Å²) in [6.45, 7) is 8.33. The summed E-state index contributed by atoms with van der Waals surface area (Å²) in [5.41, 5.74) is -0.146. The second-order valence-electron chi connectivity index (χ2n) is 7.25. The molecule has 0 N–H and O–H groups in total. The molecule has 1 heterocycles. The monoisotopic (exact) mass is 452 g/mol. The lowest BCUT2D eigenvalue weighted by Crippen LogP contribution is -2.34. The van der Waals surface area contributed by atoms with Crippen LogP contribution in [0.1, 0.15) is 44.5 Å². The molecule has 8 heteroatoms. The van der Waals surface area contributed by atoms with Crippen LogP contribution in [0.4, 0.5) is 0 Å². The molecule has 7 nitrogen and oxygen atoms in total. The average Bonchev–Trinajstić information content (AvgIpc) is 2.61. The largest absolute Gasteiger partial charge is 0.462 e. The molecule has 0 aliphatic carbocycles. The molecule has 28 heavy (non-hydrogen) atoms. The number of rotatable bonds is 8. The van der Waals surface area contributed by atoms with Crippen LogP contribution < -0.4 is 5.43 Å². The van der Waals surface area contributed by atoms with Gasteiger partial charge in [-0.3, -0.25) is 14.4 Å². The quantitative estimate of drug-likeness (QED) is 0.347. The molecule has 0 radical (unpaired) electrons. The molecule has 152 valence electrons. The van der Waals surface area contributed by atoms with Gasteiger partial charge in [-0.15, -0.1) is 0 Å². The second kappa shape index (κ2) is 9.34. The summed E-state index contributed by atoms with van der Waals surface area (Å²) < 4.78 is 7.66. The minimum Gasteiger partial charge on any atom is -0.462 e. The predicted molar refractivity (Wildman–Crippen MR) is 110 cm³/mol. The van der Waals surface area contributed by atoms with Crippen LogP contribution in [0.5, 0.6) is 0 Å². The van der Waals surface area contributed by atoms with Gasteiger partial charge in [0.15, 0.2) is 0 Å². The van der Waals surface area contributed by atoms with E-state index in [4.69, 9.17) is 9.57 Å². The van der Waals surface area contributed by atoms with Crippen molar-refractivity contribution in [3.63, 3.8) is 0 Å². The molecule has 0 aliphatic rings. The van der Waals surface area contributed by atoms with Crippen LogP contribution in [0.25, 0.3) is 10.9 Å². The molecule has 0 bridgehead atoms. The summed E-state index contributed by atoms with van der Waals surface area (Å²) in [7, 11) is 0. The van der Waals surface area contributed by atoms with Gasteiger partial charge in [-0.05, 0) is 52.3 Å². The number of hydrogen-bond acceptors (Lipinski definition) is 5. The molecule has 1 aromatic carbocycles. The van der Waals surface area contributed by atoms with Crippen LogP contribution in [-0.4, -0.2) is 40.8 Å². The van der Waals surface area contributed by atoms with Gasteiger partial charge in [0, 0.05) is 22.6 Å². The molecule has 0 spiro atoms. The zero-order chi connectivity index (χ0) is 20.9. The number of nitrogens with zero attached hydrogens (tertiary/aromatic N) is 2. The van der Waals surface area contributed by atoms with Gasteiger partial charge in [-0.1, -0.05) is 15.9 Å². The van der Waals surface area contributed by atoms with Gasteiger partial charge in [0.25, 0.3) is 0 Å². The Morgan fingerprint density at radius 2 is 2.04 bits per heavy atom. The second-order valence-corrected chi connectivity index (χ2v) is 8.17. The van der Waals surface area contributed by atoms with Crippen molar-refractivity contribution in [1.82, 2.24) is 9.63 Å². The first kappa shape index (κ1) is 22.1. The Morgan fingerprint density at radius 1 is 1.32 bits per heavy atom. The van der Waals surface area contributed by atoms with Crippen molar-refractivity contribution in [2.24, 2.45) is 0 Å². The van der Waals surface area contributed by atoms with E-state index < -0.39 is 11.6 Å². The van der Waals surface area contributed by atoms with Gasteiger partial charge in [0.05, 0.1) is 24.3 Å². The maximum absolute atomic E-state index is 12.7. The number of pyridine rings is 1. The topological polar surface area (TPSA) is 77.8 Å². The van der Waals surface area contributed by atoms with Gasteiger partial charge in [0.2, 0.25) is 11.8 Å². The number of amides is 1. The molecular weight excluding hydrogens is 428 g/mol. The van der Waals surface area contributed by atoms with Crippen LogP contribution in [0, 0.1) is 0 Å². The van der Waals surface area contributed by atoms with E-state index in [0.717, 1.165) is 4.47 Å². The Balaban J connectivity index is 2.33. The lowest BCUT2D eigenvalue weighted by Gasteiger charge is -2.26. The first-order chi connectivity index (χ1) is 13.2. The molecule has 1 aromatic heterocycles. The van der Waals surface area contributed by atoms with Crippen molar-refractivity contribution >= 4 is 39.2 Å². The highest BCUT2D eigenvalue weighted by Gasteiger charge is 2.18. The van der Waals surface area contributed by atoms with Crippen molar-refractivity contribution in [1.29, 1.82) is 0 Å². The number of esters is 1. The van der Waals surface area contributed by atoms with E-state index in [1.165, 1.54) is 11.3 Å². The summed E-state index contributed by atoms with van der Waals surface area (Å²) in [5, 5.41) is 1.69. The molecule has 0 saturated carbocycles. The number of halogens is 1. The summed E-state index contributed by atoms with van der Waals surface area (Å²) in [6, 6.07) is 5.27. The zero-order valence-electron chi connectivity index (χ0n) is 16.5. The van der Waals surface area contributed by atoms with E-state index >= 15 is 0 Å². The predicted octanol–water partition coefficient (Wildman–Crippen LogP) is 3.52. The van der Waals surface area contributed by atoms with E-state index in [1.807, 2.05) is 31.4 Å². The SMILES string of the molecule is CCOC(=O)c1cn(CCCN(C=O)OC(C)(C)C)c2cc(Br)ccc2c1=O. The fourth-order valence-corrected chi connectivity index (χ4v) is 3.12. The molecule has 0 atom stereocenters. The fourth-order valence-electron chi connectivity index (χ4n) is 2.77. The Kier molecular flexibility index (Phi) is 7.37. The zero-order valence-corrected chi connectivity index (χ0v) is 18.1. The number of carbonyl (C=O) groups is 2. The first-order valence-corrected chi connectivity index (χ1v) is 9.86. The number of fused-ring (bicyclic) bond motifs is 1. The number of hydrogen-bond donors (Lipinski definition) is 0. The number of ether oxygens (including phenoxy) is 1. The van der Waals surface area contributed by atoms with Crippen LogP contribution in [-0.2, 0) is 20.9 Å².